The van der Waals surface area contributed by atoms with Crippen LogP contribution in [0.15, 0.2) is 30.5 Å². The molecule has 2 aromatic rings. The highest BCUT2D eigenvalue weighted by Gasteiger charge is 2.20. The summed E-state index contributed by atoms with van der Waals surface area (Å²) in [7, 11) is 1.93. The van der Waals surface area contributed by atoms with Gasteiger partial charge in [0.05, 0.1) is 11.7 Å². The molecule has 1 atom stereocenters. The van der Waals surface area contributed by atoms with Gasteiger partial charge in [-0.25, -0.2) is 0 Å². The van der Waals surface area contributed by atoms with Crippen LogP contribution in [-0.4, -0.2) is 9.78 Å². The molecule has 1 saturated carbocycles. The summed E-state index contributed by atoms with van der Waals surface area (Å²) >= 11 is 0. The lowest BCUT2D eigenvalue weighted by Gasteiger charge is -2.26. The minimum absolute atomic E-state index is 0.0795. The van der Waals surface area contributed by atoms with E-state index >= 15 is 0 Å². The minimum Gasteiger partial charge on any atom is -0.320 e. The second-order valence-electron chi connectivity index (χ2n) is 5.62. The SMILES string of the molecule is Cc1nn(C)cc1C(N)c1ccc(C2CCC2)cc1. The van der Waals surface area contributed by atoms with Gasteiger partial charge in [0.1, 0.15) is 0 Å². The van der Waals surface area contributed by atoms with E-state index in [1.807, 2.05) is 24.9 Å². The van der Waals surface area contributed by atoms with Gasteiger partial charge >= 0.3 is 0 Å². The molecule has 0 aliphatic heterocycles. The van der Waals surface area contributed by atoms with Crippen LogP contribution in [0.25, 0.3) is 0 Å². The molecule has 1 fully saturated rings. The van der Waals surface area contributed by atoms with E-state index in [1.165, 1.54) is 30.4 Å². The van der Waals surface area contributed by atoms with Gasteiger partial charge in [-0.2, -0.15) is 5.10 Å². The van der Waals surface area contributed by atoms with Crippen molar-refractivity contribution in [2.75, 3.05) is 0 Å². The van der Waals surface area contributed by atoms with Crippen LogP contribution < -0.4 is 5.73 Å². The van der Waals surface area contributed by atoms with E-state index in [9.17, 15) is 0 Å². The third-order valence-electron chi connectivity index (χ3n) is 4.26. The summed E-state index contributed by atoms with van der Waals surface area (Å²) < 4.78 is 1.83. The lowest BCUT2D eigenvalue weighted by molar-refractivity contribution is 0.419. The number of rotatable bonds is 3. The van der Waals surface area contributed by atoms with Gasteiger partial charge in [0.25, 0.3) is 0 Å². The Labute approximate surface area is 114 Å². The summed E-state index contributed by atoms with van der Waals surface area (Å²) in [6.45, 7) is 2.01. The molecule has 1 unspecified atom stereocenters. The summed E-state index contributed by atoms with van der Waals surface area (Å²) in [5.74, 6) is 0.783. The third-order valence-corrected chi connectivity index (χ3v) is 4.26. The number of hydrogen-bond donors (Lipinski definition) is 1. The molecule has 1 aromatic heterocycles. The first-order valence-electron chi connectivity index (χ1n) is 7.00. The Morgan fingerprint density at radius 3 is 2.42 bits per heavy atom. The average Bonchev–Trinajstić information content (AvgIpc) is 2.66. The minimum atomic E-state index is -0.0795. The molecule has 1 aromatic carbocycles. The molecule has 100 valence electrons. The molecule has 0 saturated heterocycles. The van der Waals surface area contributed by atoms with Gasteiger partial charge in [-0.1, -0.05) is 30.7 Å². The van der Waals surface area contributed by atoms with E-state index in [0.29, 0.717) is 0 Å². The molecule has 0 radical (unpaired) electrons. The van der Waals surface area contributed by atoms with Crippen LogP contribution in [0.4, 0.5) is 0 Å². The molecule has 3 rings (SSSR count). The zero-order valence-corrected chi connectivity index (χ0v) is 11.6. The van der Waals surface area contributed by atoms with Crippen molar-refractivity contribution in [2.45, 2.75) is 38.1 Å². The first-order chi connectivity index (χ1) is 9.15. The summed E-state index contributed by atoms with van der Waals surface area (Å²) in [5.41, 5.74) is 11.1. The van der Waals surface area contributed by atoms with Crippen molar-refractivity contribution in [3.8, 4) is 0 Å². The predicted molar refractivity (Wildman–Crippen MR) is 77.0 cm³/mol. The summed E-state index contributed by atoms with van der Waals surface area (Å²) in [4.78, 5) is 0. The predicted octanol–water partition coefficient (Wildman–Crippen LogP) is 3.04. The number of hydrogen-bond acceptors (Lipinski definition) is 2. The van der Waals surface area contributed by atoms with Crippen LogP contribution >= 0.6 is 0 Å². The van der Waals surface area contributed by atoms with Crippen LogP contribution in [0, 0.1) is 6.92 Å². The zero-order valence-electron chi connectivity index (χ0n) is 11.6. The van der Waals surface area contributed by atoms with Gasteiger partial charge in [0, 0.05) is 18.8 Å². The summed E-state index contributed by atoms with van der Waals surface area (Å²) in [5, 5.41) is 4.36. The highest BCUT2D eigenvalue weighted by Crippen LogP contribution is 2.36. The maximum absolute atomic E-state index is 6.35. The standard InChI is InChI=1S/C16H21N3/c1-11-15(10-19(2)18-11)16(17)14-8-6-13(7-9-14)12-4-3-5-12/h6-10,12,16H,3-5,17H2,1-2H3. The van der Waals surface area contributed by atoms with E-state index in [4.69, 9.17) is 5.73 Å². The molecule has 0 bridgehead atoms. The van der Waals surface area contributed by atoms with Crippen LogP contribution in [0.3, 0.4) is 0 Å². The topological polar surface area (TPSA) is 43.8 Å². The number of aromatic nitrogens is 2. The molecule has 1 aliphatic rings. The van der Waals surface area contributed by atoms with E-state index < -0.39 is 0 Å². The molecule has 3 heteroatoms. The average molecular weight is 255 g/mol. The largest absolute Gasteiger partial charge is 0.320 e. The van der Waals surface area contributed by atoms with Gasteiger partial charge < -0.3 is 5.73 Å². The molecule has 0 spiro atoms. The Kier molecular flexibility index (Phi) is 3.15. The van der Waals surface area contributed by atoms with Crippen molar-refractivity contribution in [3.63, 3.8) is 0 Å². The Balaban J connectivity index is 1.83. The van der Waals surface area contributed by atoms with Crippen LogP contribution in [0.1, 0.15) is 53.6 Å². The number of aryl methyl sites for hydroxylation is 2. The fourth-order valence-corrected chi connectivity index (χ4v) is 2.82. The molecular weight excluding hydrogens is 234 g/mol. The highest BCUT2D eigenvalue weighted by atomic mass is 15.2. The monoisotopic (exact) mass is 255 g/mol. The van der Waals surface area contributed by atoms with Gasteiger partial charge in [-0.3, -0.25) is 4.68 Å². The van der Waals surface area contributed by atoms with Gasteiger partial charge in [-0.05, 0) is 36.8 Å². The first-order valence-corrected chi connectivity index (χ1v) is 7.00. The molecule has 3 nitrogen and oxygen atoms in total. The maximum Gasteiger partial charge on any atom is 0.0644 e. The Morgan fingerprint density at radius 2 is 1.95 bits per heavy atom. The van der Waals surface area contributed by atoms with Crippen molar-refractivity contribution in [1.82, 2.24) is 9.78 Å². The fraction of sp³-hybridized carbons (Fsp3) is 0.438. The van der Waals surface area contributed by atoms with E-state index in [0.717, 1.165) is 17.2 Å². The van der Waals surface area contributed by atoms with Crippen molar-refractivity contribution in [1.29, 1.82) is 0 Å². The third kappa shape index (κ3) is 2.30. The molecule has 0 amide bonds. The van der Waals surface area contributed by atoms with Crippen LogP contribution in [0.2, 0.25) is 0 Å². The van der Waals surface area contributed by atoms with Gasteiger partial charge in [0.2, 0.25) is 0 Å². The Morgan fingerprint density at radius 1 is 1.26 bits per heavy atom. The smallest absolute Gasteiger partial charge is 0.0644 e. The lowest BCUT2D eigenvalue weighted by atomic mass is 9.79. The molecule has 1 heterocycles. The second kappa shape index (κ2) is 4.82. The number of nitrogens with zero attached hydrogens (tertiary/aromatic N) is 2. The molecule has 19 heavy (non-hydrogen) atoms. The summed E-state index contributed by atoms with van der Waals surface area (Å²) in [6, 6.07) is 8.74. The lowest BCUT2D eigenvalue weighted by Crippen LogP contribution is -2.13. The Hall–Kier alpha value is -1.61. The number of benzene rings is 1. The maximum atomic E-state index is 6.35. The van der Waals surface area contributed by atoms with Crippen LogP contribution in [0.5, 0.6) is 0 Å². The quantitative estimate of drug-likeness (QED) is 0.916. The van der Waals surface area contributed by atoms with Crippen molar-refractivity contribution < 1.29 is 0 Å². The Bertz CT molecular complexity index is 564. The molecule has 2 N–H and O–H groups in total. The zero-order chi connectivity index (χ0) is 13.4. The van der Waals surface area contributed by atoms with E-state index in [-0.39, 0.29) is 6.04 Å². The van der Waals surface area contributed by atoms with E-state index in [1.54, 1.807) is 0 Å². The van der Waals surface area contributed by atoms with Crippen molar-refractivity contribution >= 4 is 0 Å². The highest BCUT2D eigenvalue weighted by molar-refractivity contribution is 5.35. The normalized spacial score (nSPS) is 17.2. The van der Waals surface area contributed by atoms with Gasteiger partial charge in [-0.15, -0.1) is 0 Å². The molecular formula is C16H21N3. The van der Waals surface area contributed by atoms with E-state index in [2.05, 4.69) is 29.4 Å². The summed E-state index contributed by atoms with van der Waals surface area (Å²) in [6.07, 6.45) is 6.07. The first kappa shape index (κ1) is 12.4. The second-order valence-corrected chi connectivity index (χ2v) is 5.62. The number of nitrogens with two attached hydrogens (primary N) is 1. The molecule has 1 aliphatic carbocycles. The van der Waals surface area contributed by atoms with Crippen molar-refractivity contribution in [3.05, 3.63) is 52.8 Å². The van der Waals surface area contributed by atoms with Crippen LogP contribution in [-0.2, 0) is 7.05 Å². The van der Waals surface area contributed by atoms with Crippen molar-refractivity contribution in [2.24, 2.45) is 12.8 Å². The van der Waals surface area contributed by atoms with Gasteiger partial charge in [0.15, 0.2) is 0 Å². The fourth-order valence-electron chi connectivity index (χ4n) is 2.82.